The SMILES string of the molecule is CCNC(c1sccc1OC)c1csc2c(Br)cccc12. The van der Waals surface area contributed by atoms with Crippen LogP contribution in [0.1, 0.15) is 23.4 Å². The average Bonchev–Trinajstić information content (AvgIpc) is 3.12. The lowest BCUT2D eigenvalue weighted by atomic mass is 10.0. The van der Waals surface area contributed by atoms with Crippen LogP contribution in [0.2, 0.25) is 0 Å². The second kappa shape index (κ2) is 6.48. The largest absolute Gasteiger partial charge is 0.496 e. The van der Waals surface area contributed by atoms with Crippen LogP contribution in [0.4, 0.5) is 0 Å². The summed E-state index contributed by atoms with van der Waals surface area (Å²) in [5.74, 6) is 0.959. The van der Waals surface area contributed by atoms with Crippen molar-refractivity contribution in [1.82, 2.24) is 5.32 Å². The fourth-order valence-electron chi connectivity index (χ4n) is 2.50. The van der Waals surface area contributed by atoms with Crippen LogP contribution in [-0.2, 0) is 0 Å². The van der Waals surface area contributed by atoms with Crippen LogP contribution < -0.4 is 10.1 Å². The molecule has 0 amide bonds. The molecule has 21 heavy (non-hydrogen) atoms. The first-order valence-corrected chi connectivity index (χ1v) is 9.31. The van der Waals surface area contributed by atoms with E-state index < -0.39 is 0 Å². The van der Waals surface area contributed by atoms with Crippen molar-refractivity contribution in [3.8, 4) is 5.75 Å². The van der Waals surface area contributed by atoms with Crippen molar-refractivity contribution < 1.29 is 4.74 Å². The van der Waals surface area contributed by atoms with E-state index in [0.717, 1.165) is 16.8 Å². The normalized spacial score (nSPS) is 12.7. The maximum atomic E-state index is 5.51. The molecule has 0 bridgehead atoms. The first kappa shape index (κ1) is 15.0. The van der Waals surface area contributed by atoms with Gasteiger partial charge in [-0.25, -0.2) is 0 Å². The lowest BCUT2D eigenvalue weighted by Crippen LogP contribution is -2.21. The van der Waals surface area contributed by atoms with Gasteiger partial charge in [0.25, 0.3) is 0 Å². The zero-order valence-corrected chi connectivity index (χ0v) is 15.1. The highest BCUT2D eigenvalue weighted by Gasteiger charge is 2.22. The Morgan fingerprint density at radius 3 is 2.90 bits per heavy atom. The minimum atomic E-state index is 0.174. The summed E-state index contributed by atoms with van der Waals surface area (Å²) in [5, 5.41) is 9.24. The van der Waals surface area contributed by atoms with E-state index in [-0.39, 0.29) is 6.04 Å². The standard InChI is InChI=1S/C16H16BrNOS2/c1-3-18-14(16-13(19-2)7-8-20-16)11-9-21-15-10(11)5-4-6-12(15)17/h4-9,14,18H,3H2,1-2H3. The second-order valence-corrected chi connectivity index (χ2v) is 7.33. The monoisotopic (exact) mass is 381 g/mol. The smallest absolute Gasteiger partial charge is 0.134 e. The Morgan fingerprint density at radius 1 is 1.29 bits per heavy atom. The predicted octanol–water partition coefficient (Wildman–Crippen LogP) is 5.43. The minimum Gasteiger partial charge on any atom is -0.496 e. The molecule has 0 aliphatic carbocycles. The van der Waals surface area contributed by atoms with Gasteiger partial charge in [0.15, 0.2) is 0 Å². The van der Waals surface area contributed by atoms with Gasteiger partial charge in [-0.05, 0) is 56.3 Å². The molecular formula is C16H16BrNOS2. The van der Waals surface area contributed by atoms with Gasteiger partial charge in [0.05, 0.1) is 18.0 Å². The van der Waals surface area contributed by atoms with Gasteiger partial charge in [-0.2, -0.15) is 0 Å². The highest BCUT2D eigenvalue weighted by molar-refractivity contribution is 9.10. The van der Waals surface area contributed by atoms with Gasteiger partial charge in [0.2, 0.25) is 0 Å². The highest BCUT2D eigenvalue weighted by atomic mass is 79.9. The fourth-order valence-corrected chi connectivity index (χ4v) is 5.10. The summed E-state index contributed by atoms with van der Waals surface area (Å²) < 4.78 is 7.97. The number of halogens is 1. The molecule has 2 nitrogen and oxygen atoms in total. The van der Waals surface area contributed by atoms with Crippen molar-refractivity contribution in [2.45, 2.75) is 13.0 Å². The summed E-state index contributed by atoms with van der Waals surface area (Å²) in [4.78, 5) is 1.24. The number of rotatable bonds is 5. The van der Waals surface area contributed by atoms with Gasteiger partial charge >= 0.3 is 0 Å². The van der Waals surface area contributed by atoms with Gasteiger partial charge < -0.3 is 10.1 Å². The Morgan fingerprint density at radius 2 is 2.14 bits per heavy atom. The third-order valence-corrected chi connectivity index (χ3v) is 6.37. The summed E-state index contributed by atoms with van der Waals surface area (Å²) >= 11 is 7.16. The number of nitrogens with one attached hydrogen (secondary N) is 1. The molecule has 0 saturated heterocycles. The summed E-state index contributed by atoms with van der Waals surface area (Å²) in [5.41, 5.74) is 1.32. The van der Waals surface area contributed by atoms with Crippen molar-refractivity contribution in [1.29, 1.82) is 0 Å². The van der Waals surface area contributed by atoms with E-state index in [4.69, 9.17) is 4.74 Å². The van der Waals surface area contributed by atoms with E-state index in [1.165, 1.54) is 20.5 Å². The molecular weight excluding hydrogens is 366 g/mol. The molecule has 5 heteroatoms. The molecule has 2 heterocycles. The molecule has 3 aromatic rings. The van der Waals surface area contributed by atoms with Crippen molar-refractivity contribution in [3.63, 3.8) is 0 Å². The summed E-state index contributed by atoms with van der Waals surface area (Å²) in [7, 11) is 1.73. The van der Waals surface area contributed by atoms with Crippen molar-refractivity contribution in [2.24, 2.45) is 0 Å². The molecule has 0 fully saturated rings. The third kappa shape index (κ3) is 2.75. The van der Waals surface area contributed by atoms with Crippen LogP contribution in [-0.4, -0.2) is 13.7 Å². The topological polar surface area (TPSA) is 21.3 Å². The van der Waals surface area contributed by atoms with Gasteiger partial charge in [-0.1, -0.05) is 19.1 Å². The molecule has 1 atom stereocenters. The second-order valence-electron chi connectivity index (χ2n) is 4.65. The van der Waals surface area contributed by atoms with Crippen LogP contribution in [0.5, 0.6) is 5.75 Å². The summed E-state index contributed by atoms with van der Waals surface area (Å²) in [6, 6.07) is 8.59. The van der Waals surface area contributed by atoms with Gasteiger partial charge in [0, 0.05) is 9.17 Å². The maximum absolute atomic E-state index is 5.51. The first-order valence-electron chi connectivity index (χ1n) is 6.76. The molecule has 0 spiro atoms. The zero-order valence-electron chi connectivity index (χ0n) is 11.9. The lowest BCUT2D eigenvalue weighted by Gasteiger charge is -2.18. The number of thiophene rings is 2. The maximum Gasteiger partial charge on any atom is 0.134 e. The van der Waals surface area contributed by atoms with Gasteiger partial charge in [-0.15, -0.1) is 22.7 Å². The lowest BCUT2D eigenvalue weighted by molar-refractivity contribution is 0.408. The van der Waals surface area contributed by atoms with E-state index in [1.807, 2.05) is 6.07 Å². The molecule has 2 aromatic heterocycles. The average molecular weight is 382 g/mol. The van der Waals surface area contributed by atoms with Crippen molar-refractivity contribution in [2.75, 3.05) is 13.7 Å². The molecule has 0 aliphatic rings. The van der Waals surface area contributed by atoms with E-state index in [2.05, 4.69) is 57.1 Å². The van der Waals surface area contributed by atoms with E-state index >= 15 is 0 Å². The number of ether oxygens (including phenoxy) is 1. The van der Waals surface area contributed by atoms with Gasteiger partial charge in [0.1, 0.15) is 5.75 Å². The van der Waals surface area contributed by atoms with Crippen LogP contribution in [0, 0.1) is 0 Å². The molecule has 0 saturated carbocycles. The Kier molecular flexibility index (Phi) is 4.64. The molecule has 0 radical (unpaired) electrons. The predicted molar refractivity (Wildman–Crippen MR) is 95.9 cm³/mol. The van der Waals surface area contributed by atoms with E-state index in [1.54, 1.807) is 29.8 Å². The van der Waals surface area contributed by atoms with E-state index in [9.17, 15) is 0 Å². The fraction of sp³-hybridized carbons (Fsp3) is 0.250. The Labute approximate surface area is 140 Å². The minimum absolute atomic E-state index is 0.174. The summed E-state index contributed by atoms with van der Waals surface area (Å²) in [6.07, 6.45) is 0. The molecule has 1 unspecified atom stereocenters. The van der Waals surface area contributed by atoms with Crippen molar-refractivity contribution >= 4 is 48.7 Å². The van der Waals surface area contributed by atoms with Crippen molar-refractivity contribution in [3.05, 3.63) is 49.9 Å². The number of hydrogen-bond donors (Lipinski definition) is 1. The Hall–Kier alpha value is -0.880. The highest BCUT2D eigenvalue weighted by Crippen LogP contribution is 2.41. The van der Waals surface area contributed by atoms with Crippen LogP contribution in [0.25, 0.3) is 10.1 Å². The Bertz CT molecular complexity index is 750. The van der Waals surface area contributed by atoms with Crippen LogP contribution >= 0.6 is 38.6 Å². The van der Waals surface area contributed by atoms with Gasteiger partial charge in [-0.3, -0.25) is 0 Å². The van der Waals surface area contributed by atoms with E-state index in [0.29, 0.717) is 0 Å². The number of benzene rings is 1. The Balaban J connectivity index is 2.14. The molecule has 1 N–H and O–H groups in total. The summed E-state index contributed by atoms with van der Waals surface area (Å²) in [6.45, 7) is 3.05. The number of methoxy groups -OCH3 is 1. The third-order valence-electron chi connectivity index (χ3n) is 3.44. The van der Waals surface area contributed by atoms with Crippen LogP contribution in [0.15, 0.2) is 39.5 Å². The number of hydrogen-bond acceptors (Lipinski definition) is 4. The van der Waals surface area contributed by atoms with Crippen LogP contribution in [0.3, 0.4) is 0 Å². The molecule has 0 aliphatic heterocycles. The number of fused-ring (bicyclic) bond motifs is 1. The molecule has 1 aromatic carbocycles. The molecule has 110 valence electrons. The quantitative estimate of drug-likeness (QED) is 0.635. The first-order chi connectivity index (χ1) is 10.3. The zero-order chi connectivity index (χ0) is 14.8. The molecule has 3 rings (SSSR count).